The summed E-state index contributed by atoms with van der Waals surface area (Å²) in [7, 11) is 1.90. The van der Waals surface area contributed by atoms with Crippen LogP contribution in [0.3, 0.4) is 0 Å². The van der Waals surface area contributed by atoms with E-state index < -0.39 is 0 Å². The highest BCUT2D eigenvalue weighted by Crippen LogP contribution is 2.14. The van der Waals surface area contributed by atoms with Crippen molar-refractivity contribution in [2.45, 2.75) is 20.8 Å². The Labute approximate surface area is 80.6 Å². The van der Waals surface area contributed by atoms with Gasteiger partial charge in [-0.3, -0.25) is 4.68 Å². The molecule has 0 unspecified atom stereocenters. The molecule has 0 bridgehead atoms. The summed E-state index contributed by atoms with van der Waals surface area (Å²) in [6.07, 6.45) is 3.59. The van der Waals surface area contributed by atoms with Crippen molar-refractivity contribution in [2.24, 2.45) is 7.05 Å². The van der Waals surface area contributed by atoms with E-state index in [0.717, 1.165) is 17.0 Å². The van der Waals surface area contributed by atoms with Crippen LogP contribution < -0.4 is 0 Å². The zero-order chi connectivity index (χ0) is 10.4. The van der Waals surface area contributed by atoms with Crippen molar-refractivity contribution < 1.29 is 0 Å². The van der Waals surface area contributed by atoms with E-state index in [2.05, 4.69) is 18.3 Å². The molecule has 72 valence electrons. The molecule has 2 heteroatoms. The molecule has 0 radical (unpaired) electrons. The maximum Gasteiger partial charge on any atom is 0.0675 e. The van der Waals surface area contributed by atoms with Crippen molar-refractivity contribution in [3.63, 3.8) is 0 Å². The summed E-state index contributed by atoms with van der Waals surface area (Å²) in [5.41, 5.74) is 3.09. The van der Waals surface area contributed by atoms with Gasteiger partial charge in [-0.25, -0.2) is 0 Å². The molecule has 0 aromatic carbocycles. The van der Waals surface area contributed by atoms with Crippen LogP contribution in [0.15, 0.2) is 13.2 Å². The van der Waals surface area contributed by atoms with E-state index in [9.17, 15) is 0 Å². The summed E-state index contributed by atoms with van der Waals surface area (Å²) in [4.78, 5) is 0. The Hall–Kier alpha value is -1.31. The molecule has 1 aromatic heterocycles. The largest absolute Gasteiger partial charge is 0.268 e. The summed E-state index contributed by atoms with van der Waals surface area (Å²) in [6.45, 7) is 13.4. The fourth-order valence-corrected chi connectivity index (χ4v) is 1.19. The van der Waals surface area contributed by atoms with Gasteiger partial charge in [0.2, 0.25) is 0 Å². The van der Waals surface area contributed by atoms with E-state index in [1.165, 1.54) is 0 Å². The van der Waals surface area contributed by atoms with Crippen molar-refractivity contribution >= 4 is 12.2 Å². The second-order valence-electron chi connectivity index (χ2n) is 2.42. The summed E-state index contributed by atoms with van der Waals surface area (Å²) in [6, 6.07) is 0. The molecule has 1 aromatic rings. The quantitative estimate of drug-likeness (QED) is 0.680. The van der Waals surface area contributed by atoms with Crippen molar-refractivity contribution in [1.82, 2.24) is 9.78 Å². The summed E-state index contributed by atoms with van der Waals surface area (Å²) in [5.74, 6) is 0. The zero-order valence-corrected chi connectivity index (χ0v) is 8.96. The lowest BCUT2D eigenvalue weighted by Crippen LogP contribution is -1.92. The second kappa shape index (κ2) is 5.36. The Morgan fingerprint density at radius 2 is 1.77 bits per heavy atom. The van der Waals surface area contributed by atoms with E-state index in [1.54, 1.807) is 16.8 Å². The van der Waals surface area contributed by atoms with Crippen LogP contribution in [0.4, 0.5) is 0 Å². The first-order valence-electron chi connectivity index (χ1n) is 4.49. The number of rotatable bonds is 2. The first-order chi connectivity index (χ1) is 6.20. The lowest BCUT2D eigenvalue weighted by Gasteiger charge is -1.93. The van der Waals surface area contributed by atoms with E-state index >= 15 is 0 Å². The van der Waals surface area contributed by atoms with Crippen LogP contribution in [0.1, 0.15) is 30.8 Å². The van der Waals surface area contributed by atoms with Gasteiger partial charge in [0.15, 0.2) is 0 Å². The topological polar surface area (TPSA) is 17.8 Å². The zero-order valence-electron chi connectivity index (χ0n) is 8.96. The Morgan fingerprint density at radius 3 is 2.08 bits per heavy atom. The molecule has 0 N–H and O–H groups in total. The van der Waals surface area contributed by atoms with Crippen molar-refractivity contribution in [2.75, 3.05) is 0 Å². The fraction of sp³-hybridized carbons (Fsp3) is 0.364. The van der Waals surface area contributed by atoms with Gasteiger partial charge in [-0.1, -0.05) is 33.1 Å². The van der Waals surface area contributed by atoms with Crippen LogP contribution in [-0.2, 0) is 7.05 Å². The highest BCUT2D eigenvalue weighted by Gasteiger charge is 2.05. The van der Waals surface area contributed by atoms with Crippen LogP contribution >= 0.6 is 0 Å². The molecule has 2 nitrogen and oxygen atoms in total. The third-order valence-electron chi connectivity index (χ3n) is 1.71. The minimum atomic E-state index is 0.998. The monoisotopic (exact) mass is 178 g/mol. The van der Waals surface area contributed by atoms with Crippen LogP contribution in [0.5, 0.6) is 0 Å². The molecule has 1 rings (SSSR count). The smallest absolute Gasteiger partial charge is 0.0675 e. The maximum absolute atomic E-state index is 4.23. The molecule has 1 heterocycles. The van der Waals surface area contributed by atoms with Gasteiger partial charge in [0, 0.05) is 12.6 Å². The molecule has 0 amide bonds. The van der Waals surface area contributed by atoms with Gasteiger partial charge in [-0.15, -0.1) is 0 Å². The van der Waals surface area contributed by atoms with Crippen LogP contribution in [0.2, 0.25) is 0 Å². The van der Waals surface area contributed by atoms with Gasteiger partial charge in [0.25, 0.3) is 0 Å². The van der Waals surface area contributed by atoms with Crippen LogP contribution in [0.25, 0.3) is 12.2 Å². The van der Waals surface area contributed by atoms with Gasteiger partial charge >= 0.3 is 0 Å². The summed E-state index contributed by atoms with van der Waals surface area (Å²) >= 11 is 0. The van der Waals surface area contributed by atoms with Gasteiger partial charge in [-0.2, -0.15) is 5.10 Å². The van der Waals surface area contributed by atoms with E-state index in [1.807, 2.05) is 27.8 Å². The molecular weight excluding hydrogens is 160 g/mol. The maximum atomic E-state index is 4.23. The normalized spacial score (nSPS) is 8.62. The molecule has 0 aliphatic carbocycles. The number of aromatic nitrogens is 2. The molecule has 0 saturated heterocycles. The number of hydrogen-bond donors (Lipinski definition) is 0. The fourth-order valence-electron chi connectivity index (χ4n) is 1.19. The van der Waals surface area contributed by atoms with Crippen molar-refractivity contribution in [1.29, 1.82) is 0 Å². The van der Waals surface area contributed by atoms with E-state index in [0.29, 0.717) is 0 Å². The predicted octanol–water partition coefficient (Wildman–Crippen LogP) is 3.04. The van der Waals surface area contributed by atoms with Crippen molar-refractivity contribution in [3.05, 3.63) is 30.1 Å². The average molecular weight is 178 g/mol. The van der Waals surface area contributed by atoms with Gasteiger partial charge < -0.3 is 0 Å². The standard InChI is InChI=1S/C9H12N2.C2H6/c1-5-8-7(3)10-11(4)9(8)6-2;1-2/h5-6H,1-2H2,3-4H3;1-2H3. The minimum Gasteiger partial charge on any atom is -0.268 e. The van der Waals surface area contributed by atoms with Gasteiger partial charge in [-0.05, 0) is 13.0 Å². The number of nitrogens with zero attached hydrogens (tertiary/aromatic N) is 2. The molecule has 13 heavy (non-hydrogen) atoms. The molecule has 0 fully saturated rings. The van der Waals surface area contributed by atoms with Gasteiger partial charge in [0.1, 0.15) is 0 Å². The third-order valence-corrected chi connectivity index (χ3v) is 1.71. The molecule has 0 aliphatic rings. The lowest BCUT2D eigenvalue weighted by atomic mass is 10.2. The highest BCUT2D eigenvalue weighted by atomic mass is 15.3. The molecule has 0 aliphatic heterocycles. The van der Waals surface area contributed by atoms with Crippen LogP contribution in [0, 0.1) is 6.92 Å². The predicted molar refractivity (Wildman–Crippen MR) is 59.5 cm³/mol. The summed E-state index contributed by atoms with van der Waals surface area (Å²) in [5, 5.41) is 4.23. The Morgan fingerprint density at radius 1 is 1.23 bits per heavy atom. The Kier molecular flexibility index (Phi) is 4.82. The van der Waals surface area contributed by atoms with Crippen LogP contribution in [-0.4, -0.2) is 9.78 Å². The van der Waals surface area contributed by atoms with Crippen molar-refractivity contribution in [3.8, 4) is 0 Å². The number of hydrogen-bond acceptors (Lipinski definition) is 1. The molecule has 0 saturated carbocycles. The molecule has 0 spiro atoms. The lowest BCUT2D eigenvalue weighted by molar-refractivity contribution is 0.749. The van der Waals surface area contributed by atoms with Gasteiger partial charge in [0.05, 0.1) is 11.4 Å². The minimum absolute atomic E-state index is 0.998. The first kappa shape index (κ1) is 11.7. The third kappa shape index (κ3) is 2.31. The Bertz CT molecular complexity index is 267. The Balaban J connectivity index is 0.000000671. The molecule has 0 atom stereocenters. The summed E-state index contributed by atoms with van der Waals surface area (Å²) < 4.78 is 1.80. The van der Waals surface area contributed by atoms with E-state index in [-0.39, 0.29) is 0 Å². The average Bonchev–Trinajstić information content (AvgIpc) is 2.43. The first-order valence-corrected chi connectivity index (χ1v) is 4.49. The second-order valence-corrected chi connectivity index (χ2v) is 2.42. The van der Waals surface area contributed by atoms with E-state index in [4.69, 9.17) is 0 Å². The number of aryl methyl sites for hydroxylation is 2. The SMILES string of the molecule is C=Cc1c(C)nn(C)c1C=C.CC. The molecular formula is C11H18N2. The highest BCUT2D eigenvalue weighted by molar-refractivity contribution is 5.62.